The molecule has 0 N–H and O–H groups in total. The number of Topliss-reactive ketones (excluding diaryl/α,β-unsaturated/α-hetero) is 1. The van der Waals surface area contributed by atoms with Gasteiger partial charge < -0.3 is 13.9 Å². The van der Waals surface area contributed by atoms with E-state index in [2.05, 4.69) is 0 Å². The molecular formula is C19H14O6. The van der Waals surface area contributed by atoms with Crippen molar-refractivity contribution >= 4 is 29.0 Å². The fourth-order valence-electron chi connectivity index (χ4n) is 2.22. The normalized spacial score (nSPS) is 10.4. The van der Waals surface area contributed by atoms with Crippen LogP contribution in [-0.2, 0) is 9.53 Å². The van der Waals surface area contributed by atoms with Gasteiger partial charge in [-0.25, -0.2) is 4.79 Å². The minimum atomic E-state index is -0.717. The van der Waals surface area contributed by atoms with E-state index < -0.39 is 25.0 Å². The van der Waals surface area contributed by atoms with Gasteiger partial charge in [0, 0.05) is 5.39 Å². The lowest BCUT2D eigenvalue weighted by Crippen LogP contribution is -2.19. The first-order chi connectivity index (χ1) is 12.2. The average molecular weight is 338 g/mol. The van der Waals surface area contributed by atoms with Gasteiger partial charge in [-0.15, -0.1) is 0 Å². The zero-order chi connectivity index (χ0) is 17.6. The minimum Gasteiger partial charge on any atom is -0.481 e. The lowest BCUT2D eigenvalue weighted by atomic mass is 10.2. The Bertz CT molecular complexity index is 891. The number of aldehydes is 1. The van der Waals surface area contributed by atoms with Crippen LogP contribution >= 0.6 is 0 Å². The van der Waals surface area contributed by atoms with Crippen molar-refractivity contribution in [3.63, 3.8) is 0 Å². The number of ketones is 1. The SMILES string of the molecule is O=Cc1ccccc1OCC(=O)OCC(=O)c1cc2ccccc2o1. The van der Waals surface area contributed by atoms with E-state index in [0.717, 1.165) is 5.39 Å². The van der Waals surface area contributed by atoms with Crippen molar-refractivity contribution in [1.82, 2.24) is 0 Å². The second-order valence-electron chi connectivity index (χ2n) is 5.18. The number of carbonyl (C=O) groups is 3. The van der Waals surface area contributed by atoms with Crippen LogP contribution in [0.15, 0.2) is 59.0 Å². The quantitative estimate of drug-likeness (QED) is 0.374. The number of hydrogen-bond donors (Lipinski definition) is 0. The summed E-state index contributed by atoms with van der Waals surface area (Å²) in [5.41, 5.74) is 0.916. The largest absolute Gasteiger partial charge is 0.481 e. The van der Waals surface area contributed by atoms with Crippen LogP contribution in [0.3, 0.4) is 0 Å². The number of para-hydroxylation sites is 2. The maximum atomic E-state index is 12.0. The molecular weight excluding hydrogens is 324 g/mol. The maximum absolute atomic E-state index is 12.0. The first-order valence-electron chi connectivity index (χ1n) is 7.52. The molecule has 0 spiro atoms. The van der Waals surface area contributed by atoms with Crippen LogP contribution in [0.25, 0.3) is 11.0 Å². The summed E-state index contributed by atoms with van der Waals surface area (Å²) in [7, 11) is 0. The van der Waals surface area contributed by atoms with E-state index in [4.69, 9.17) is 13.9 Å². The molecule has 25 heavy (non-hydrogen) atoms. The standard InChI is InChI=1S/C19H14O6/c20-10-14-6-2-3-7-16(14)23-12-19(22)24-11-15(21)18-9-13-5-1-4-8-17(13)25-18/h1-10H,11-12H2. The Kier molecular flexibility index (Phi) is 4.89. The number of carbonyl (C=O) groups excluding carboxylic acids is 3. The molecule has 0 unspecified atom stereocenters. The molecule has 2 aromatic carbocycles. The van der Waals surface area contributed by atoms with Crippen molar-refractivity contribution in [1.29, 1.82) is 0 Å². The molecule has 6 heteroatoms. The highest BCUT2D eigenvalue weighted by molar-refractivity contribution is 5.99. The minimum absolute atomic E-state index is 0.126. The van der Waals surface area contributed by atoms with E-state index in [-0.39, 0.29) is 11.5 Å². The number of ether oxygens (including phenoxy) is 2. The van der Waals surface area contributed by atoms with Gasteiger partial charge in [-0.2, -0.15) is 0 Å². The Morgan fingerprint density at radius 1 is 1.00 bits per heavy atom. The van der Waals surface area contributed by atoms with Gasteiger partial charge in [0.15, 0.2) is 25.3 Å². The summed E-state index contributed by atoms with van der Waals surface area (Å²) in [6.45, 7) is -0.852. The van der Waals surface area contributed by atoms with Gasteiger partial charge in [-0.1, -0.05) is 30.3 Å². The van der Waals surface area contributed by atoms with Crippen molar-refractivity contribution in [2.45, 2.75) is 0 Å². The summed E-state index contributed by atoms with van der Waals surface area (Å²) in [4.78, 5) is 34.6. The van der Waals surface area contributed by atoms with Gasteiger partial charge in [0.1, 0.15) is 11.3 Å². The van der Waals surface area contributed by atoms with Crippen LogP contribution in [0, 0.1) is 0 Å². The number of fused-ring (bicyclic) bond motifs is 1. The fraction of sp³-hybridized carbons (Fsp3) is 0.105. The average Bonchev–Trinajstić information content (AvgIpc) is 3.09. The maximum Gasteiger partial charge on any atom is 0.344 e. The Balaban J connectivity index is 1.53. The van der Waals surface area contributed by atoms with Crippen molar-refractivity contribution in [2.24, 2.45) is 0 Å². The highest BCUT2D eigenvalue weighted by Gasteiger charge is 2.15. The van der Waals surface area contributed by atoms with Crippen LogP contribution < -0.4 is 4.74 Å². The molecule has 0 radical (unpaired) electrons. The summed E-state index contributed by atoms with van der Waals surface area (Å²) in [5.74, 6) is -0.762. The van der Waals surface area contributed by atoms with Crippen molar-refractivity contribution in [3.8, 4) is 5.75 Å². The summed E-state index contributed by atoms with van der Waals surface area (Å²) < 4.78 is 15.5. The van der Waals surface area contributed by atoms with E-state index >= 15 is 0 Å². The van der Waals surface area contributed by atoms with Crippen LogP contribution in [0.2, 0.25) is 0 Å². The molecule has 3 rings (SSSR count). The molecule has 0 atom stereocenters. The number of hydrogen-bond acceptors (Lipinski definition) is 6. The molecule has 0 aliphatic heterocycles. The lowest BCUT2D eigenvalue weighted by Gasteiger charge is -2.07. The Morgan fingerprint density at radius 3 is 2.56 bits per heavy atom. The molecule has 0 aliphatic carbocycles. The molecule has 6 nitrogen and oxygen atoms in total. The van der Waals surface area contributed by atoms with E-state index in [1.807, 2.05) is 12.1 Å². The van der Waals surface area contributed by atoms with Gasteiger partial charge in [-0.3, -0.25) is 9.59 Å². The van der Waals surface area contributed by atoms with Crippen molar-refractivity contribution in [2.75, 3.05) is 13.2 Å². The van der Waals surface area contributed by atoms with Gasteiger partial charge in [0.05, 0.1) is 5.56 Å². The van der Waals surface area contributed by atoms with Crippen LogP contribution in [0.5, 0.6) is 5.75 Å². The van der Waals surface area contributed by atoms with Crippen LogP contribution in [0.1, 0.15) is 20.9 Å². The van der Waals surface area contributed by atoms with Gasteiger partial charge >= 0.3 is 5.97 Å². The monoisotopic (exact) mass is 338 g/mol. The first-order valence-corrected chi connectivity index (χ1v) is 7.52. The molecule has 0 saturated carbocycles. The topological polar surface area (TPSA) is 82.8 Å². The van der Waals surface area contributed by atoms with Gasteiger partial charge in [0.2, 0.25) is 5.78 Å². The predicted molar refractivity (Wildman–Crippen MR) is 88.8 cm³/mol. The summed E-state index contributed by atoms with van der Waals surface area (Å²) in [6, 6.07) is 15.3. The Hall–Kier alpha value is -3.41. The molecule has 0 saturated heterocycles. The van der Waals surface area contributed by atoms with E-state index in [0.29, 0.717) is 17.4 Å². The lowest BCUT2D eigenvalue weighted by molar-refractivity contribution is -0.144. The number of esters is 1. The highest BCUT2D eigenvalue weighted by Crippen LogP contribution is 2.19. The van der Waals surface area contributed by atoms with Crippen molar-refractivity contribution in [3.05, 3.63) is 65.9 Å². The molecule has 1 aromatic heterocycles. The Morgan fingerprint density at radius 2 is 1.76 bits per heavy atom. The zero-order valence-corrected chi connectivity index (χ0v) is 13.1. The van der Waals surface area contributed by atoms with E-state index in [1.54, 1.807) is 42.5 Å². The first kappa shape index (κ1) is 16.4. The smallest absolute Gasteiger partial charge is 0.344 e. The zero-order valence-electron chi connectivity index (χ0n) is 13.1. The number of rotatable bonds is 7. The number of benzene rings is 2. The van der Waals surface area contributed by atoms with E-state index in [9.17, 15) is 14.4 Å². The molecule has 3 aromatic rings. The summed E-state index contributed by atoms with van der Waals surface area (Å²) in [5, 5.41) is 0.797. The summed E-state index contributed by atoms with van der Waals surface area (Å²) in [6.07, 6.45) is 0.631. The molecule has 0 aliphatic rings. The molecule has 1 heterocycles. The molecule has 126 valence electrons. The third-order valence-electron chi connectivity index (χ3n) is 3.46. The molecule has 0 bridgehead atoms. The molecule has 0 amide bonds. The fourth-order valence-corrected chi connectivity index (χ4v) is 2.22. The van der Waals surface area contributed by atoms with Crippen molar-refractivity contribution < 1.29 is 28.3 Å². The van der Waals surface area contributed by atoms with Gasteiger partial charge in [-0.05, 0) is 24.3 Å². The third-order valence-corrected chi connectivity index (χ3v) is 3.46. The van der Waals surface area contributed by atoms with Crippen LogP contribution in [-0.4, -0.2) is 31.3 Å². The van der Waals surface area contributed by atoms with Gasteiger partial charge in [0.25, 0.3) is 0 Å². The second-order valence-corrected chi connectivity index (χ2v) is 5.18. The highest BCUT2D eigenvalue weighted by atomic mass is 16.6. The van der Waals surface area contributed by atoms with Crippen LogP contribution in [0.4, 0.5) is 0 Å². The summed E-state index contributed by atoms with van der Waals surface area (Å²) >= 11 is 0. The second kappa shape index (κ2) is 7.44. The third kappa shape index (κ3) is 3.92. The molecule has 0 fully saturated rings. The predicted octanol–water partition coefficient (Wildman–Crippen LogP) is 3.05. The number of furan rings is 1. The van der Waals surface area contributed by atoms with E-state index in [1.165, 1.54) is 0 Å². The Labute approximate surface area is 143 Å².